The van der Waals surface area contributed by atoms with Crippen LogP contribution in [0.2, 0.25) is 0 Å². The molecule has 0 aliphatic heterocycles. The Hall–Kier alpha value is -1.82. The summed E-state index contributed by atoms with van der Waals surface area (Å²) in [5.41, 5.74) is 2.68. The molecule has 0 spiro atoms. The molecule has 0 amide bonds. The third-order valence-corrected chi connectivity index (χ3v) is 3.49. The minimum absolute atomic E-state index is 0.0313. The molecule has 0 aliphatic rings. The summed E-state index contributed by atoms with van der Waals surface area (Å²) in [4.78, 5) is 10.9. The van der Waals surface area contributed by atoms with Gasteiger partial charge in [0.1, 0.15) is 5.75 Å². The van der Waals surface area contributed by atoms with Crippen molar-refractivity contribution in [2.24, 2.45) is 7.05 Å². The number of aromatic nitrogens is 2. The number of carbonyl (C=O) groups is 1. The highest BCUT2D eigenvalue weighted by atomic mass is 79.9. The van der Waals surface area contributed by atoms with Gasteiger partial charge in [-0.3, -0.25) is 4.68 Å². The topological polar surface area (TPSA) is 64.3 Å². The van der Waals surface area contributed by atoms with Crippen molar-refractivity contribution in [3.8, 4) is 17.0 Å². The number of aromatic carboxylic acids is 1. The molecule has 0 atom stereocenters. The molecular formula is C13H13BrN2O3. The Morgan fingerprint density at radius 3 is 2.63 bits per heavy atom. The maximum atomic E-state index is 10.9. The first-order valence-electron chi connectivity index (χ1n) is 5.56. The van der Waals surface area contributed by atoms with Crippen molar-refractivity contribution in [3.63, 3.8) is 0 Å². The fraction of sp³-hybridized carbons (Fsp3) is 0.231. The van der Waals surface area contributed by atoms with Crippen molar-refractivity contribution in [2.75, 3.05) is 7.11 Å². The van der Waals surface area contributed by atoms with Crippen LogP contribution in [0.5, 0.6) is 5.75 Å². The molecule has 0 fully saturated rings. The second-order valence-electron chi connectivity index (χ2n) is 4.15. The second-order valence-corrected chi connectivity index (χ2v) is 5.00. The summed E-state index contributed by atoms with van der Waals surface area (Å²) in [6.07, 6.45) is 0. The number of carboxylic acid groups (broad SMARTS) is 1. The van der Waals surface area contributed by atoms with Gasteiger partial charge in [0.2, 0.25) is 0 Å². The van der Waals surface area contributed by atoms with Gasteiger partial charge in [0, 0.05) is 12.6 Å². The van der Waals surface area contributed by atoms with E-state index in [9.17, 15) is 4.79 Å². The van der Waals surface area contributed by atoms with E-state index in [1.165, 1.54) is 0 Å². The van der Waals surface area contributed by atoms with Crippen LogP contribution in [0, 0.1) is 6.92 Å². The highest BCUT2D eigenvalue weighted by Crippen LogP contribution is 2.33. The van der Waals surface area contributed by atoms with Crippen LogP contribution in [-0.4, -0.2) is 28.0 Å². The lowest BCUT2D eigenvalue weighted by molar-refractivity contribution is 0.0689. The van der Waals surface area contributed by atoms with Crippen LogP contribution in [0.25, 0.3) is 11.3 Å². The lowest BCUT2D eigenvalue weighted by Gasteiger charge is -2.10. The van der Waals surface area contributed by atoms with E-state index in [1.807, 2.05) is 19.1 Å². The molecule has 0 saturated heterocycles. The van der Waals surface area contributed by atoms with Gasteiger partial charge in [0.25, 0.3) is 0 Å². The maximum absolute atomic E-state index is 10.9. The van der Waals surface area contributed by atoms with Crippen molar-refractivity contribution in [1.82, 2.24) is 9.78 Å². The summed E-state index contributed by atoms with van der Waals surface area (Å²) in [5.74, 6) is -0.297. The molecule has 0 aliphatic carbocycles. The van der Waals surface area contributed by atoms with E-state index < -0.39 is 5.97 Å². The molecule has 1 aromatic carbocycles. The SMILES string of the molecule is COc1cc(C)c(-c2cc(C(=O)O)nn2C)cc1Br. The monoisotopic (exact) mass is 324 g/mol. The third-order valence-electron chi connectivity index (χ3n) is 2.87. The Bertz CT molecular complexity index is 650. The number of hydrogen-bond acceptors (Lipinski definition) is 3. The first kappa shape index (κ1) is 13.6. The Morgan fingerprint density at radius 2 is 2.11 bits per heavy atom. The van der Waals surface area contributed by atoms with Crippen LogP contribution >= 0.6 is 15.9 Å². The Balaban J connectivity index is 2.59. The highest BCUT2D eigenvalue weighted by molar-refractivity contribution is 9.10. The van der Waals surface area contributed by atoms with Crippen LogP contribution in [0.15, 0.2) is 22.7 Å². The third kappa shape index (κ3) is 2.49. The van der Waals surface area contributed by atoms with Gasteiger partial charge in [-0.25, -0.2) is 4.79 Å². The van der Waals surface area contributed by atoms with Crippen LogP contribution in [-0.2, 0) is 7.05 Å². The highest BCUT2D eigenvalue weighted by Gasteiger charge is 2.15. The van der Waals surface area contributed by atoms with Crippen molar-refractivity contribution in [2.45, 2.75) is 6.92 Å². The van der Waals surface area contributed by atoms with Gasteiger partial charge in [-0.1, -0.05) is 0 Å². The first-order chi connectivity index (χ1) is 8.93. The van der Waals surface area contributed by atoms with Gasteiger partial charge in [-0.2, -0.15) is 5.10 Å². The molecule has 19 heavy (non-hydrogen) atoms. The predicted octanol–water partition coefficient (Wildman–Crippen LogP) is 2.86. The second kappa shape index (κ2) is 5.05. The van der Waals surface area contributed by atoms with Crippen molar-refractivity contribution in [3.05, 3.63) is 33.9 Å². The summed E-state index contributed by atoms with van der Waals surface area (Å²) in [7, 11) is 3.32. The molecule has 0 radical (unpaired) electrons. The molecule has 5 nitrogen and oxygen atoms in total. The normalized spacial score (nSPS) is 10.5. The summed E-state index contributed by atoms with van der Waals surface area (Å²) in [6, 6.07) is 5.35. The van der Waals surface area contributed by atoms with Gasteiger partial charge in [-0.05, 0) is 46.6 Å². The molecule has 100 valence electrons. The Kier molecular flexibility index (Phi) is 3.61. The van der Waals surface area contributed by atoms with Crippen LogP contribution in [0.4, 0.5) is 0 Å². The van der Waals surface area contributed by atoms with E-state index in [2.05, 4.69) is 21.0 Å². The number of halogens is 1. The number of nitrogens with zero attached hydrogens (tertiary/aromatic N) is 2. The molecule has 1 heterocycles. The number of hydrogen-bond donors (Lipinski definition) is 1. The van der Waals surface area contributed by atoms with Crippen molar-refractivity contribution in [1.29, 1.82) is 0 Å². The molecule has 6 heteroatoms. The average molecular weight is 325 g/mol. The molecule has 0 unspecified atom stereocenters. The minimum atomic E-state index is -1.04. The zero-order valence-corrected chi connectivity index (χ0v) is 12.4. The summed E-state index contributed by atoms with van der Waals surface area (Å²) in [5, 5.41) is 12.9. The van der Waals surface area contributed by atoms with E-state index in [1.54, 1.807) is 24.9 Å². The fourth-order valence-corrected chi connectivity index (χ4v) is 2.42. The van der Waals surface area contributed by atoms with E-state index in [-0.39, 0.29) is 5.69 Å². The van der Waals surface area contributed by atoms with Crippen molar-refractivity contribution >= 4 is 21.9 Å². The van der Waals surface area contributed by atoms with E-state index in [0.717, 1.165) is 27.0 Å². The van der Waals surface area contributed by atoms with Crippen LogP contribution in [0.3, 0.4) is 0 Å². The molecule has 2 rings (SSSR count). The van der Waals surface area contributed by atoms with E-state index in [4.69, 9.17) is 9.84 Å². The van der Waals surface area contributed by atoms with Crippen LogP contribution in [0.1, 0.15) is 16.1 Å². The summed E-state index contributed by atoms with van der Waals surface area (Å²) in [6.45, 7) is 1.94. The first-order valence-corrected chi connectivity index (χ1v) is 6.35. The van der Waals surface area contributed by atoms with Gasteiger partial charge in [0.05, 0.1) is 17.3 Å². The molecule has 2 aromatic rings. The summed E-state index contributed by atoms with van der Waals surface area (Å²) >= 11 is 3.43. The quantitative estimate of drug-likeness (QED) is 0.942. The molecular weight excluding hydrogens is 312 g/mol. The molecule has 1 N–H and O–H groups in total. The predicted molar refractivity (Wildman–Crippen MR) is 74.6 cm³/mol. The molecule has 0 bridgehead atoms. The van der Waals surface area contributed by atoms with Gasteiger partial charge >= 0.3 is 5.97 Å². The molecule has 0 saturated carbocycles. The fourth-order valence-electron chi connectivity index (χ4n) is 1.91. The lowest BCUT2D eigenvalue weighted by atomic mass is 10.0. The maximum Gasteiger partial charge on any atom is 0.356 e. The Labute approximate surface area is 118 Å². The van der Waals surface area contributed by atoms with E-state index >= 15 is 0 Å². The van der Waals surface area contributed by atoms with E-state index in [0.29, 0.717) is 0 Å². The molecule has 1 aromatic heterocycles. The smallest absolute Gasteiger partial charge is 0.356 e. The van der Waals surface area contributed by atoms with Crippen molar-refractivity contribution < 1.29 is 14.6 Å². The van der Waals surface area contributed by atoms with Gasteiger partial charge < -0.3 is 9.84 Å². The standard InChI is InChI=1S/C13H13BrN2O3/c1-7-4-12(19-3)9(14)5-8(7)11-6-10(13(17)18)15-16(11)2/h4-6H,1-3H3,(H,17,18). The van der Waals surface area contributed by atoms with Gasteiger partial charge in [0.15, 0.2) is 5.69 Å². The largest absolute Gasteiger partial charge is 0.496 e. The number of carboxylic acids is 1. The number of aryl methyl sites for hydroxylation is 2. The number of benzene rings is 1. The lowest BCUT2D eigenvalue weighted by Crippen LogP contribution is -1.99. The van der Waals surface area contributed by atoms with Gasteiger partial charge in [-0.15, -0.1) is 0 Å². The Morgan fingerprint density at radius 1 is 1.42 bits per heavy atom. The average Bonchev–Trinajstić information content (AvgIpc) is 2.74. The zero-order valence-electron chi connectivity index (χ0n) is 10.8. The number of ether oxygens (including phenoxy) is 1. The van der Waals surface area contributed by atoms with Crippen LogP contribution < -0.4 is 4.74 Å². The summed E-state index contributed by atoms with van der Waals surface area (Å²) < 4.78 is 7.60. The number of methoxy groups -OCH3 is 1. The minimum Gasteiger partial charge on any atom is -0.496 e. The zero-order chi connectivity index (χ0) is 14.2. The number of rotatable bonds is 3.